The van der Waals surface area contributed by atoms with Gasteiger partial charge >= 0.3 is 5.97 Å². The summed E-state index contributed by atoms with van der Waals surface area (Å²) < 4.78 is 0. The Hall–Kier alpha value is -2.74. The Morgan fingerprint density at radius 1 is 1.29 bits per heavy atom. The molecule has 0 radical (unpaired) electrons. The number of nitrogens with one attached hydrogen (secondary N) is 2. The van der Waals surface area contributed by atoms with E-state index in [1.165, 1.54) is 19.1 Å². The molecule has 2 unspecified atom stereocenters. The van der Waals surface area contributed by atoms with Crippen LogP contribution in [0.15, 0.2) is 29.1 Å². The molecular weight excluding hydrogens is 278 g/mol. The summed E-state index contributed by atoms with van der Waals surface area (Å²) >= 11 is 0. The highest BCUT2D eigenvalue weighted by atomic mass is 16.4. The number of nitrogens with zero attached hydrogens (tertiary/aromatic N) is 1. The minimum Gasteiger partial charge on any atom is -0.480 e. The Balaban J connectivity index is 2.43. The number of aromatic amines is 1. The van der Waals surface area contributed by atoms with Crippen LogP contribution in [0.4, 0.5) is 0 Å². The third-order valence-corrected chi connectivity index (χ3v) is 2.95. The molecule has 1 aromatic carbocycles. The maximum atomic E-state index is 12.1. The number of carbonyl (C=O) groups is 2. The number of aliphatic hydroxyl groups excluding tert-OH is 1. The SMILES string of the molecule is CC(O)C(NC(=O)c1n[nH]c(=O)c2ccccc12)C(=O)O. The first-order chi connectivity index (χ1) is 9.91. The number of rotatable bonds is 4. The number of hydrogen-bond acceptors (Lipinski definition) is 5. The van der Waals surface area contributed by atoms with Gasteiger partial charge in [-0.05, 0) is 13.0 Å². The molecule has 110 valence electrons. The first-order valence-electron chi connectivity index (χ1n) is 6.11. The van der Waals surface area contributed by atoms with Gasteiger partial charge in [0.15, 0.2) is 11.7 Å². The summed E-state index contributed by atoms with van der Waals surface area (Å²) in [6.07, 6.45) is -1.28. The van der Waals surface area contributed by atoms with Crippen LogP contribution in [-0.2, 0) is 4.79 Å². The van der Waals surface area contributed by atoms with Gasteiger partial charge in [0, 0.05) is 5.39 Å². The quantitative estimate of drug-likeness (QED) is 0.599. The largest absolute Gasteiger partial charge is 0.480 e. The van der Waals surface area contributed by atoms with E-state index in [-0.39, 0.29) is 11.1 Å². The summed E-state index contributed by atoms with van der Waals surface area (Å²) in [5, 5.41) is 26.9. The summed E-state index contributed by atoms with van der Waals surface area (Å²) in [6.45, 7) is 1.25. The van der Waals surface area contributed by atoms with Crippen LogP contribution in [0.25, 0.3) is 10.8 Å². The lowest BCUT2D eigenvalue weighted by molar-refractivity contribution is -0.141. The van der Waals surface area contributed by atoms with Gasteiger partial charge in [-0.2, -0.15) is 5.10 Å². The second kappa shape index (κ2) is 5.71. The zero-order valence-electron chi connectivity index (χ0n) is 11.0. The Labute approximate surface area is 118 Å². The highest BCUT2D eigenvalue weighted by molar-refractivity contribution is 6.05. The van der Waals surface area contributed by atoms with Gasteiger partial charge in [0.05, 0.1) is 11.5 Å². The van der Waals surface area contributed by atoms with Crippen LogP contribution in [0.1, 0.15) is 17.4 Å². The Kier molecular flexibility index (Phi) is 3.99. The summed E-state index contributed by atoms with van der Waals surface area (Å²) in [4.78, 5) is 34.7. The van der Waals surface area contributed by atoms with Crippen LogP contribution in [0.3, 0.4) is 0 Å². The Morgan fingerprint density at radius 3 is 2.48 bits per heavy atom. The number of carbonyl (C=O) groups excluding carboxylic acids is 1. The molecule has 8 heteroatoms. The number of aliphatic hydroxyl groups is 1. The third kappa shape index (κ3) is 2.90. The molecule has 0 aliphatic rings. The topological polar surface area (TPSA) is 132 Å². The average molecular weight is 291 g/mol. The van der Waals surface area contributed by atoms with Crippen LogP contribution < -0.4 is 10.9 Å². The Morgan fingerprint density at radius 2 is 1.90 bits per heavy atom. The van der Waals surface area contributed by atoms with Gasteiger partial charge in [-0.1, -0.05) is 18.2 Å². The molecule has 1 aromatic heterocycles. The minimum absolute atomic E-state index is 0.114. The predicted molar refractivity (Wildman–Crippen MR) is 72.9 cm³/mol. The third-order valence-electron chi connectivity index (χ3n) is 2.95. The van der Waals surface area contributed by atoms with E-state index in [0.717, 1.165) is 0 Å². The highest BCUT2D eigenvalue weighted by Crippen LogP contribution is 2.12. The fourth-order valence-corrected chi connectivity index (χ4v) is 1.89. The van der Waals surface area contributed by atoms with Crippen LogP contribution in [-0.4, -0.2) is 44.4 Å². The van der Waals surface area contributed by atoms with Crippen molar-refractivity contribution in [2.45, 2.75) is 19.1 Å². The van der Waals surface area contributed by atoms with Crippen molar-refractivity contribution in [2.24, 2.45) is 0 Å². The summed E-state index contributed by atoms with van der Waals surface area (Å²) in [7, 11) is 0. The van der Waals surface area contributed by atoms with Gasteiger partial charge in [0.25, 0.3) is 11.5 Å². The molecule has 0 bridgehead atoms. The van der Waals surface area contributed by atoms with Crippen molar-refractivity contribution in [3.8, 4) is 0 Å². The summed E-state index contributed by atoms with van der Waals surface area (Å²) in [6, 6.07) is 4.85. The van der Waals surface area contributed by atoms with Crippen LogP contribution in [0.2, 0.25) is 0 Å². The normalized spacial score (nSPS) is 13.6. The number of carboxylic acid groups (broad SMARTS) is 1. The molecular formula is C13H13N3O5. The van der Waals surface area contributed by atoms with Crippen molar-refractivity contribution in [3.63, 3.8) is 0 Å². The molecule has 8 nitrogen and oxygen atoms in total. The van der Waals surface area contributed by atoms with Crippen molar-refractivity contribution < 1.29 is 19.8 Å². The summed E-state index contributed by atoms with van der Waals surface area (Å²) in [5.41, 5.74) is -0.565. The zero-order valence-corrected chi connectivity index (χ0v) is 11.0. The first-order valence-corrected chi connectivity index (χ1v) is 6.11. The molecule has 2 atom stereocenters. The average Bonchev–Trinajstić information content (AvgIpc) is 2.44. The first kappa shape index (κ1) is 14.7. The molecule has 0 saturated carbocycles. The molecule has 1 amide bonds. The van der Waals surface area contributed by atoms with E-state index in [2.05, 4.69) is 15.5 Å². The zero-order chi connectivity index (χ0) is 15.6. The van der Waals surface area contributed by atoms with Gasteiger partial charge in [0.1, 0.15) is 0 Å². The second-order valence-corrected chi connectivity index (χ2v) is 4.48. The maximum absolute atomic E-state index is 12.1. The fraction of sp³-hybridized carbons (Fsp3) is 0.231. The molecule has 0 spiro atoms. The number of benzene rings is 1. The van der Waals surface area contributed by atoms with E-state index >= 15 is 0 Å². The van der Waals surface area contributed by atoms with Gasteiger partial charge in [0.2, 0.25) is 0 Å². The molecule has 0 aliphatic heterocycles. The monoisotopic (exact) mass is 291 g/mol. The number of aromatic nitrogens is 2. The number of aliphatic carboxylic acids is 1. The van der Waals surface area contributed by atoms with Crippen molar-refractivity contribution in [3.05, 3.63) is 40.3 Å². The van der Waals surface area contributed by atoms with Crippen molar-refractivity contribution in [2.75, 3.05) is 0 Å². The standard InChI is InChI=1S/C13H13N3O5/c1-6(17)9(13(20)21)14-12(19)10-7-4-2-3-5-8(7)11(18)16-15-10/h2-6,9,17H,1H3,(H,14,19)(H,16,18)(H,20,21). The van der Waals surface area contributed by atoms with E-state index in [9.17, 15) is 19.5 Å². The van der Waals surface area contributed by atoms with E-state index in [4.69, 9.17) is 5.11 Å². The number of fused-ring (bicyclic) bond motifs is 1. The summed E-state index contributed by atoms with van der Waals surface area (Å²) in [5.74, 6) is -2.16. The van der Waals surface area contributed by atoms with Crippen LogP contribution in [0.5, 0.6) is 0 Å². The number of H-pyrrole nitrogens is 1. The second-order valence-electron chi connectivity index (χ2n) is 4.48. The molecule has 2 aromatic rings. The lowest BCUT2D eigenvalue weighted by Crippen LogP contribution is -2.48. The smallest absolute Gasteiger partial charge is 0.328 e. The van der Waals surface area contributed by atoms with E-state index in [1.54, 1.807) is 12.1 Å². The van der Waals surface area contributed by atoms with Crippen molar-refractivity contribution in [1.82, 2.24) is 15.5 Å². The van der Waals surface area contributed by atoms with Crippen LogP contribution in [0, 0.1) is 0 Å². The van der Waals surface area contributed by atoms with E-state index in [1.807, 2.05) is 0 Å². The van der Waals surface area contributed by atoms with Gasteiger partial charge in [-0.3, -0.25) is 9.59 Å². The van der Waals surface area contributed by atoms with Crippen molar-refractivity contribution in [1.29, 1.82) is 0 Å². The molecule has 2 rings (SSSR count). The number of carboxylic acids is 1. The molecule has 0 fully saturated rings. The maximum Gasteiger partial charge on any atom is 0.328 e. The number of amides is 1. The molecule has 21 heavy (non-hydrogen) atoms. The molecule has 4 N–H and O–H groups in total. The molecule has 0 aliphatic carbocycles. The van der Waals surface area contributed by atoms with E-state index < -0.39 is 29.6 Å². The number of hydrogen-bond donors (Lipinski definition) is 4. The molecule has 1 heterocycles. The van der Waals surface area contributed by atoms with Crippen LogP contribution >= 0.6 is 0 Å². The molecule has 0 saturated heterocycles. The van der Waals surface area contributed by atoms with Gasteiger partial charge in [-0.25, -0.2) is 9.89 Å². The van der Waals surface area contributed by atoms with Gasteiger partial charge < -0.3 is 15.5 Å². The van der Waals surface area contributed by atoms with Crippen molar-refractivity contribution >= 4 is 22.6 Å². The van der Waals surface area contributed by atoms with Gasteiger partial charge in [-0.15, -0.1) is 0 Å². The lowest BCUT2D eigenvalue weighted by Gasteiger charge is -2.16. The lowest BCUT2D eigenvalue weighted by atomic mass is 10.1. The Bertz CT molecular complexity index is 753. The van der Waals surface area contributed by atoms with E-state index in [0.29, 0.717) is 5.39 Å². The minimum atomic E-state index is -1.47. The fourth-order valence-electron chi connectivity index (χ4n) is 1.89. The predicted octanol–water partition coefficient (Wildman–Crippen LogP) is -0.513. The highest BCUT2D eigenvalue weighted by Gasteiger charge is 2.26.